The van der Waals surface area contributed by atoms with Gasteiger partial charge >= 0.3 is 6.03 Å². The second-order valence-electron chi connectivity index (χ2n) is 4.60. The van der Waals surface area contributed by atoms with Crippen LogP contribution in [0.25, 0.3) is 0 Å². The van der Waals surface area contributed by atoms with Crippen LogP contribution in [-0.2, 0) is 26.1 Å². The lowest BCUT2D eigenvalue weighted by atomic mass is 10.2. The molecule has 3 amide bonds. The highest BCUT2D eigenvalue weighted by Gasteiger charge is 2.21. The number of benzene rings is 1. The lowest BCUT2D eigenvalue weighted by Crippen LogP contribution is -2.38. The van der Waals surface area contributed by atoms with Crippen LogP contribution in [0.3, 0.4) is 0 Å². The Bertz CT molecular complexity index is 670. The van der Waals surface area contributed by atoms with E-state index < -0.39 is 28.1 Å². The molecular formula is C14H19N3O5S. The summed E-state index contributed by atoms with van der Waals surface area (Å²) >= 11 is 0. The van der Waals surface area contributed by atoms with Gasteiger partial charge in [0.2, 0.25) is 0 Å². The quantitative estimate of drug-likeness (QED) is 0.584. The van der Waals surface area contributed by atoms with Gasteiger partial charge in [-0.1, -0.05) is 18.2 Å². The Hall–Kier alpha value is -2.39. The van der Waals surface area contributed by atoms with E-state index >= 15 is 0 Å². The molecule has 0 radical (unpaired) electrons. The van der Waals surface area contributed by atoms with Crippen LogP contribution >= 0.6 is 0 Å². The number of carbonyl (C=O) groups excluding carboxylic acids is 2. The summed E-state index contributed by atoms with van der Waals surface area (Å²) in [7, 11) is -4.00. The second-order valence-corrected chi connectivity index (χ2v) is 6.28. The standard InChI is InChI=1S/C14H19N3O5S/c1-3-8-22-10(2)13(18)17-23(20,21)12-6-4-11(5-7-12)9-16-14(15)19/h3-7,10H,1,8-9H2,2H3,(H,17,18)(H3,15,16,19). The molecule has 1 atom stereocenters. The Morgan fingerprint density at radius 3 is 2.48 bits per heavy atom. The van der Waals surface area contributed by atoms with Gasteiger partial charge in [0.15, 0.2) is 0 Å². The average Bonchev–Trinajstić information content (AvgIpc) is 2.50. The summed E-state index contributed by atoms with van der Waals surface area (Å²) in [5, 5.41) is 2.38. The van der Waals surface area contributed by atoms with Crippen molar-refractivity contribution in [2.75, 3.05) is 6.61 Å². The Labute approximate surface area is 134 Å². The Morgan fingerprint density at radius 1 is 1.35 bits per heavy atom. The molecule has 0 saturated heterocycles. The van der Waals surface area contributed by atoms with E-state index in [1.54, 1.807) is 0 Å². The first-order valence-corrected chi connectivity index (χ1v) is 8.16. The lowest BCUT2D eigenvalue weighted by Gasteiger charge is -2.13. The third kappa shape index (κ3) is 6.09. The molecular weight excluding hydrogens is 322 g/mol. The van der Waals surface area contributed by atoms with Gasteiger partial charge in [0.25, 0.3) is 15.9 Å². The fraction of sp³-hybridized carbons (Fsp3) is 0.286. The monoisotopic (exact) mass is 341 g/mol. The number of nitrogens with two attached hydrogens (primary N) is 1. The molecule has 0 aliphatic carbocycles. The highest BCUT2D eigenvalue weighted by atomic mass is 32.2. The van der Waals surface area contributed by atoms with Gasteiger partial charge in [-0.25, -0.2) is 17.9 Å². The maximum Gasteiger partial charge on any atom is 0.312 e. The van der Waals surface area contributed by atoms with Gasteiger partial charge in [-0.3, -0.25) is 4.79 Å². The van der Waals surface area contributed by atoms with Crippen LogP contribution < -0.4 is 15.8 Å². The molecule has 0 spiro atoms. The van der Waals surface area contributed by atoms with Crippen molar-refractivity contribution in [3.8, 4) is 0 Å². The summed E-state index contributed by atoms with van der Waals surface area (Å²) in [5.74, 6) is -0.772. The fourth-order valence-electron chi connectivity index (χ4n) is 1.54. The van der Waals surface area contributed by atoms with E-state index in [4.69, 9.17) is 10.5 Å². The number of hydrogen-bond donors (Lipinski definition) is 3. The van der Waals surface area contributed by atoms with Gasteiger partial charge in [-0.2, -0.15) is 0 Å². The van der Waals surface area contributed by atoms with Gasteiger partial charge in [0, 0.05) is 6.54 Å². The Morgan fingerprint density at radius 2 is 1.96 bits per heavy atom. The molecule has 1 unspecified atom stereocenters. The van der Waals surface area contributed by atoms with Crippen LogP contribution in [0.5, 0.6) is 0 Å². The molecule has 8 nitrogen and oxygen atoms in total. The summed E-state index contributed by atoms with van der Waals surface area (Å²) in [5.41, 5.74) is 5.61. The van der Waals surface area contributed by atoms with Crippen molar-refractivity contribution in [1.29, 1.82) is 0 Å². The molecule has 126 valence electrons. The van der Waals surface area contributed by atoms with Crippen LogP contribution in [0, 0.1) is 0 Å². The molecule has 9 heteroatoms. The SMILES string of the molecule is C=CCOC(C)C(=O)NS(=O)(=O)c1ccc(CNC(N)=O)cc1. The number of ether oxygens (including phenoxy) is 1. The van der Waals surface area contributed by atoms with Crippen molar-refractivity contribution in [2.24, 2.45) is 5.73 Å². The zero-order chi connectivity index (χ0) is 17.5. The van der Waals surface area contributed by atoms with Crippen molar-refractivity contribution in [3.05, 3.63) is 42.5 Å². The van der Waals surface area contributed by atoms with Crippen LogP contribution in [0.2, 0.25) is 0 Å². The van der Waals surface area contributed by atoms with Crippen molar-refractivity contribution in [3.63, 3.8) is 0 Å². The second kappa shape index (κ2) is 8.30. The van der Waals surface area contributed by atoms with E-state index in [1.807, 2.05) is 4.72 Å². The molecule has 0 saturated carbocycles. The zero-order valence-corrected chi connectivity index (χ0v) is 13.4. The number of carbonyl (C=O) groups is 2. The maximum absolute atomic E-state index is 12.1. The van der Waals surface area contributed by atoms with Crippen LogP contribution in [0.4, 0.5) is 4.79 Å². The topological polar surface area (TPSA) is 128 Å². The minimum atomic E-state index is -4.00. The zero-order valence-electron chi connectivity index (χ0n) is 12.6. The van der Waals surface area contributed by atoms with E-state index in [-0.39, 0.29) is 18.0 Å². The van der Waals surface area contributed by atoms with Gasteiger partial charge in [0.1, 0.15) is 6.10 Å². The first-order chi connectivity index (χ1) is 10.8. The van der Waals surface area contributed by atoms with Crippen LogP contribution in [-0.4, -0.2) is 33.1 Å². The summed E-state index contributed by atoms with van der Waals surface area (Å²) in [6, 6.07) is 4.98. The predicted octanol–water partition coefficient (Wildman–Crippen LogP) is 0.251. The summed E-state index contributed by atoms with van der Waals surface area (Å²) in [6.07, 6.45) is 0.527. The molecule has 1 aromatic rings. The minimum absolute atomic E-state index is 0.0791. The van der Waals surface area contributed by atoms with Crippen LogP contribution in [0.15, 0.2) is 41.8 Å². The number of nitrogens with one attached hydrogen (secondary N) is 2. The van der Waals surface area contributed by atoms with Gasteiger partial charge < -0.3 is 15.8 Å². The molecule has 0 aliphatic rings. The van der Waals surface area contributed by atoms with Gasteiger partial charge in [0.05, 0.1) is 11.5 Å². The Kier molecular flexibility index (Phi) is 6.73. The predicted molar refractivity (Wildman–Crippen MR) is 83.8 cm³/mol. The molecule has 4 N–H and O–H groups in total. The Balaban J connectivity index is 2.74. The van der Waals surface area contributed by atoms with E-state index in [0.717, 1.165) is 0 Å². The van der Waals surface area contributed by atoms with E-state index in [2.05, 4.69) is 11.9 Å². The molecule has 23 heavy (non-hydrogen) atoms. The van der Waals surface area contributed by atoms with Crippen molar-refractivity contribution in [2.45, 2.75) is 24.5 Å². The average molecular weight is 341 g/mol. The molecule has 0 fully saturated rings. The first-order valence-electron chi connectivity index (χ1n) is 6.67. The van der Waals surface area contributed by atoms with E-state index in [0.29, 0.717) is 5.56 Å². The molecule has 1 aromatic carbocycles. The summed E-state index contributed by atoms with van der Waals surface area (Å²) in [4.78, 5) is 22.3. The number of rotatable bonds is 8. The van der Waals surface area contributed by atoms with Gasteiger partial charge in [-0.15, -0.1) is 6.58 Å². The van der Waals surface area contributed by atoms with Crippen molar-refractivity contribution >= 4 is 22.0 Å². The number of primary amides is 1. The lowest BCUT2D eigenvalue weighted by molar-refractivity contribution is -0.129. The summed E-state index contributed by atoms with van der Waals surface area (Å²) < 4.78 is 31.2. The number of sulfonamides is 1. The molecule has 0 aromatic heterocycles. The maximum atomic E-state index is 12.1. The minimum Gasteiger partial charge on any atom is -0.365 e. The molecule has 0 heterocycles. The van der Waals surface area contributed by atoms with Crippen molar-refractivity contribution < 1.29 is 22.7 Å². The number of urea groups is 1. The molecule has 0 aliphatic heterocycles. The highest BCUT2D eigenvalue weighted by molar-refractivity contribution is 7.90. The number of hydrogen-bond acceptors (Lipinski definition) is 5. The van der Waals surface area contributed by atoms with Crippen LogP contribution in [0.1, 0.15) is 12.5 Å². The summed E-state index contributed by atoms with van der Waals surface area (Å²) in [6.45, 7) is 5.19. The van der Waals surface area contributed by atoms with Gasteiger partial charge in [-0.05, 0) is 24.6 Å². The molecule has 1 rings (SSSR count). The number of amides is 3. The smallest absolute Gasteiger partial charge is 0.312 e. The third-order valence-electron chi connectivity index (χ3n) is 2.77. The van der Waals surface area contributed by atoms with E-state index in [1.165, 1.54) is 37.3 Å². The van der Waals surface area contributed by atoms with E-state index in [9.17, 15) is 18.0 Å². The molecule has 0 bridgehead atoms. The third-order valence-corrected chi connectivity index (χ3v) is 4.13. The van der Waals surface area contributed by atoms with Crippen molar-refractivity contribution in [1.82, 2.24) is 10.0 Å². The fourth-order valence-corrected chi connectivity index (χ4v) is 2.58. The first kappa shape index (κ1) is 18.7. The normalized spacial score (nSPS) is 12.2. The highest BCUT2D eigenvalue weighted by Crippen LogP contribution is 2.11. The largest absolute Gasteiger partial charge is 0.365 e.